The van der Waals surface area contributed by atoms with Crippen LogP contribution in [0.2, 0.25) is 0 Å². The van der Waals surface area contributed by atoms with Gasteiger partial charge in [0.1, 0.15) is 10.8 Å². The highest BCUT2D eigenvalue weighted by molar-refractivity contribution is 7.11. The summed E-state index contributed by atoms with van der Waals surface area (Å²) >= 11 is 3.12. The van der Waals surface area contributed by atoms with Crippen LogP contribution in [-0.4, -0.2) is 15.4 Å². The van der Waals surface area contributed by atoms with Gasteiger partial charge in [-0.2, -0.15) is 4.37 Å². The van der Waals surface area contributed by atoms with Crippen LogP contribution in [0.15, 0.2) is 5.38 Å². The molecule has 2 heterocycles. The topological polar surface area (TPSA) is 63.8 Å². The van der Waals surface area contributed by atoms with E-state index in [0.29, 0.717) is 11.9 Å². The van der Waals surface area contributed by atoms with Crippen molar-refractivity contribution in [2.45, 2.75) is 52.0 Å². The zero-order valence-corrected chi connectivity index (χ0v) is 14.2. The van der Waals surface area contributed by atoms with Gasteiger partial charge < -0.3 is 11.1 Å². The Morgan fingerprint density at radius 1 is 1.38 bits per heavy atom. The largest absolute Gasteiger partial charge is 0.382 e. The number of hydrogen-bond acceptors (Lipinski definition) is 6. The first kappa shape index (κ1) is 14.8. The van der Waals surface area contributed by atoms with E-state index in [0.717, 1.165) is 27.2 Å². The predicted molar refractivity (Wildman–Crippen MR) is 92.0 cm³/mol. The molecule has 0 radical (unpaired) electrons. The SMILES string of the molecule is CCC1CCCCC1Nc1snc(N)c1-c1csc(C)n1. The van der Waals surface area contributed by atoms with Crippen LogP contribution < -0.4 is 11.1 Å². The molecule has 0 saturated heterocycles. The van der Waals surface area contributed by atoms with Crippen molar-refractivity contribution in [3.05, 3.63) is 10.4 Å². The second-order valence-electron chi connectivity index (χ2n) is 5.73. The van der Waals surface area contributed by atoms with Crippen molar-refractivity contribution >= 4 is 33.7 Å². The maximum atomic E-state index is 6.08. The van der Waals surface area contributed by atoms with Gasteiger partial charge in [-0.25, -0.2) is 4.98 Å². The number of rotatable bonds is 4. The van der Waals surface area contributed by atoms with Gasteiger partial charge in [0.05, 0.1) is 16.3 Å². The Morgan fingerprint density at radius 3 is 2.90 bits per heavy atom. The molecule has 1 aliphatic carbocycles. The van der Waals surface area contributed by atoms with E-state index in [1.165, 1.54) is 43.6 Å². The molecule has 1 aliphatic rings. The molecule has 0 amide bonds. The van der Waals surface area contributed by atoms with E-state index in [9.17, 15) is 0 Å². The van der Waals surface area contributed by atoms with Gasteiger partial charge in [0.15, 0.2) is 0 Å². The quantitative estimate of drug-likeness (QED) is 0.867. The first-order valence-electron chi connectivity index (χ1n) is 7.63. The third-order valence-corrected chi connectivity index (χ3v) is 5.91. The van der Waals surface area contributed by atoms with Gasteiger partial charge in [-0.15, -0.1) is 11.3 Å². The lowest BCUT2D eigenvalue weighted by Crippen LogP contribution is -2.31. The smallest absolute Gasteiger partial charge is 0.148 e. The second-order valence-corrected chi connectivity index (χ2v) is 7.56. The fourth-order valence-electron chi connectivity index (χ4n) is 3.18. The molecule has 1 saturated carbocycles. The fourth-order valence-corrected chi connectivity index (χ4v) is 4.57. The van der Waals surface area contributed by atoms with Crippen molar-refractivity contribution in [1.29, 1.82) is 0 Å². The highest BCUT2D eigenvalue weighted by atomic mass is 32.1. The molecule has 114 valence electrons. The van der Waals surface area contributed by atoms with Gasteiger partial charge in [0, 0.05) is 11.4 Å². The van der Waals surface area contributed by atoms with Gasteiger partial charge in [-0.05, 0) is 37.2 Å². The van der Waals surface area contributed by atoms with E-state index in [1.807, 2.05) is 6.92 Å². The Balaban J connectivity index is 1.86. The van der Waals surface area contributed by atoms with Crippen LogP contribution in [0.25, 0.3) is 11.3 Å². The number of thiazole rings is 1. The molecule has 2 unspecified atom stereocenters. The number of nitrogen functional groups attached to an aromatic ring is 1. The normalized spacial score (nSPS) is 22.4. The predicted octanol–water partition coefficient (Wildman–Crippen LogP) is 4.54. The van der Waals surface area contributed by atoms with Crippen LogP contribution in [0.4, 0.5) is 10.8 Å². The monoisotopic (exact) mass is 322 g/mol. The average Bonchev–Trinajstić information content (AvgIpc) is 3.06. The van der Waals surface area contributed by atoms with Gasteiger partial charge in [0.25, 0.3) is 0 Å². The highest BCUT2D eigenvalue weighted by Crippen LogP contribution is 2.39. The zero-order valence-electron chi connectivity index (χ0n) is 12.6. The van der Waals surface area contributed by atoms with Crippen molar-refractivity contribution in [3.63, 3.8) is 0 Å². The van der Waals surface area contributed by atoms with E-state index >= 15 is 0 Å². The van der Waals surface area contributed by atoms with E-state index in [2.05, 4.69) is 27.0 Å². The summed E-state index contributed by atoms with van der Waals surface area (Å²) in [5, 5.41) is 7.93. The molecule has 0 spiro atoms. The molecule has 2 aromatic rings. The van der Waals surface area contributed by atoms with Crippen molar-refractivity contribution in [2.75, 3.05) is 11.1 Å². The lowest BCUT2D eigenvalue weighted by atomic mass is 9.83. The van der Waals surface area contributed by atoms with E-state index in [1.54, 1.807) is 11.3 Å². The molecule has 0 aliphatic heterocycles. The lowest BCUT2D eigenvalue weighted by Gasteiger charge is -2.31. The molecule has 4 nitrogen and oxygen atoms in total. The number of nitrogens with one attached hydrogen (secondary N) is 1. The Bertz CT molecular complexity index is 605. The molecule has 2 aromatic heterocycles. The van der Waals surface area contributed by atoms with Crippen molar-refractivity contribution in [3.8, 4) is 11.3 Å². The molecular formula is C15H22N4S2. The van der Waals surface area contributed by atoms with Gasteiger partial charge in [-0.1, -0.05) is 26.2 Å². The molecule has 3 N–H and O–H groups in total. The number of aromatic nitrogens is 2. The van der Waals surface area contributed by atoms with E-state index < -0.39 is 0 Å². The summed E-state index contributed by atoms with van der Waals surface area (Å²) in [5.74, 6) is 1.35. The van der Waals surface area contributed by atoms with Crippen LogP contribution in [0.5, 0.6) is 0 Å². The number of anilines is 2. The summed E-state index contributed by atoms with van der Waals surface area (Å²) in [4.78, 5) is 4.57. The lowest BCUT2D eigenvalue weighted by molar-refractivity contribution is 0.318. The third kappa shape index (κ3) is 3.06. The highest BCUT2D eigenvalue weighted by Gasteiger charge is 2.26. The summed E-state index contributed by atoms with van der Waals surface area (Å²) in [6, 6.07) is 0.544. The number of aryl methyl sites for hydroxylation is 1. The number of hydrogen-bond donors (Lipinski definition) is 2. The van der Waals surface area contributed by atoms with Gasteiger partial charge in [-0.3, -0.25) is 0 Å². The van der Waals surface area contributed by atoms with Crippen LogP contribution in [0.3, 0.4) is 0 Å². The summed E-state index contributed by atoms with van der Waals surface area (Å²) in [7, 11) is 0. The van der Waals surface area contributed by atoms with Crippen LogP contribution >= 0.6 is 22.9 Å². The molecule has 3 rings (SSSR count). The molecule has 21 heavy (non-hydrogen) atoms. The van der Waals surface area contributed by atoms with Gasteiger partial charge >= 0.3 is 0 Å². The second kappa shape index (κ2) is 6.32. The minimum absolute atomic E-state index is 0.544. The third-order valence-electron chi connectivity index (χ3n) is 4.34. The first-order valence-corrected chi connectivity index (χ1v) is 9.28. The molecule has 2 atom stereocenters. The van der Waals surface area contributed by atoms with Crippen LogP contribution in [0.1, 0.15) is 44.0 Å². The summed E-state index contributed by atoms with van der Waals surface area (Å²) in [5.41, 5.74) is 8.02. The molecule has 0 aromatic carbocycles. The summed E-state index contributed by atoms with van der Waals surface area (Å²) in [6.45, 7) is 4.31. The number of nitrogens with two attached hydrogens (primary N) is 1. The van der Waals surface area contributed by atoms with Crippen molar-refractivity contribution < 1.29 is 0 Å². The van der Waals surface area contributed by atoms with Crippen LogP contribution in [0, 0.1) is 12.8 Å². The Hall–Kier alpha value is -1.14. The van der Waals surface area contributed by atoms with Crippen molar-refractivity contribution in [2.24, 2.45) is 5.92 Å². The fraction of sp³-hybridized carbons (Fsp3) is 0.600. The molecule has 1 fully saturated rings. The minimum Gasteiger partial charge on any atom is -0.382 e. The Kier molecular flexibility index (Phi) is 4.45. The Labute approximate surface area is 134 Å². The molecule has 0 bridgehead atoms. The standard InChI is InChI=1S/C15H22N4S2/c1-3-10-6-4-5-7-11(10)18-15-13(14(16)19-21-15)12-8-20-9(2)17-12/h8,10-11,18H,3-7H2,1-2H3,(H2,16,19). The summed E-state index contributed by atoms with van der Waals surface area (Å²) in [6.07, 6.45) is 6.48. The first-order chi connectivity index (χ1) is 10.2. The zero-order chi connectivity index (χ0) is 14.8. The van der Waals surface area contributed by atoms with Crippen molar-refractivity contribution in [1.82, 2.24) is 9.36 Å². The van der Waals surface area contributed by atoms with Crippen LogP contribution in [-0.2, 0) is 0 Å². The Morgan fingerprint density at radius 2 is 2.19 bits per heavy atom. The maximum absolute atomic E-state index is 6.08. The average molecular weight is 323 g/mol. The maximum Gasteiger partial charge on any atom is 0.148 e. The summed E-state index contributed by atoms with van der Waals surface area (Å²) < 4.78 is 4.34. The van der Waals surface area contributed by atoms with E-state index in [-0.39, 0.29) is 0 Å². The molecule has 6 heteroatoms. The van der Waals surface area contributed by atoms with E-state index in [4.69, 9.17) is 5.73 Å². The minimum atomic E-state index is 0.544. The van der Waals surface area contributed by atoms with Gasteiger partial charge in [0.2, 0.25) is 0 Å². The number of nitrogens with zero attached hydrogens (tertiary/aromatic N) is 2. The molecular weight excluding hydrogens is 300 g/mol.